The molecule has 1 unspecified atom stereocenters. The molecule has 1 aliphatic rings. The van der Waals surface area contributed by atoms with E-state index in [1.807, 2.05) is 36.1 Å². The van der Waals surface area contributed by atoms with E-state index < -0.39 is 0 Å². The molecule has 1 atom stereocenters. The van der Waals surface area contributed by atoms with Crippen LogP contribution in [0.5, 0.6) is 11.5 Å². The van der Waals surface area contributed by atoms with Crippen molar-refractivity contribution < 1.29 is 14.3 Å². The number of carbonyl (C=O) groups is 1. The lowest BCUT2D eigenvalue weighted by Crippen LogP contribution is -2.43. The second kappa shape index (κ2) is 6.45. The fourth-order valence-electron chi connectivity index (χ4n) is 2.21. The number of rotatable bonds is 5. The summed E-state index contributed by atoms with van der Waals surface area (Å²) in [7, 11) is 0. The summed E-state index contributed by atoms with van der Waals surface area (Å²) in [5.41, 5.74) is 0. The number of nitrogens with zero attached hydrogens (tertiary/aromatic N) is 1. The average Bonchev–Trinajstić information content (AvgIpc) is 2.46. The quantitative estimate of drug-likeness (QED) is 0.819. The SMILES string of the molecule is CCCN(CC1COc2ccccc2O1)C(=O)CC. The van der Waals surface area contributed by atoms with E-state index in [9.17, 15) is 4.79 Å². The van der Waals surface area contributed by atoms with E-state index in [-0.39, 0.29) is 12.0 Å². The van der Waals surface area contributed by atoms with Gasteiger partial charge in [-0.05, 0) is 18.6 Å². The summed E-state index contributed by atoms with van der Waals surface area (Å²) in [6.07, 6.45) is 1.40. The van der Waals surface area contributed by atoms with Gasteiger partial charge in [-0.2, -0.15) is 0 Å². The number of carbonyl (C=O) groups excluding carboxylic acids is 1. The average molecular weight is 263 g/mol. The number of ether oxygens (including phenoxy) is 2. The topological polar surface area (TPSA) is 38.8 Å². The van der Waals surface area contributed by atoms with Gasteiger partial charge in [0.25, 0.3) is 0 Å². The fraction of sp³-hybridized carbons (Fsp3) is 0.533. The predicted octanol–water partition coefficient (Wildman–Crippen LogP) is 2.48. The molecule has 1 aromatic carbocycles. The van der Waals surface area contributed by atoms with Crippen LogP contribution in [0.1, 0.15) is 26.7 Å². The largest absolute Gasteiger partial charge is 0.486 e. The van der Waals surface area contributed by atoms with Gasteiger partial charge in [0.05, 0.1) is 6.54 Å². The van der Waals surface area contributed by atoms with Crippen LogP contribution in [0.2, 0.25) is 0 Å². The molecule has 1 aliphatic heterocycles. The number of amides is 1. The third-order valence-corrected chi connectivity index (χ3v) is 3.14. The molecule has 0 saturated heterocycles. The Kier molecular flexibility index (Phi) is 4.66. The predicted molar refractivity (Wildman–Crippen MR) is 73.5 cm³/mol. The van der Waals surface area contributed by atoms with Gasteiger partial charge in [0, 0.05) is 13.0 Å². The van der Waals surface area contributed by atoms with Crippen LogP contribution in [0.25, 0.3) is 0 Å². The van der Waals surface area contributed by atoms with Crippen LogP contribution >= 0.6 is 0 Å². The standard InChI is InChI=1S/C15H21NO3/c1-3-9-16(15(17)4-2)10-12-11-18-13-7-5-6-8-14(13)19-12/h5-8,12H,3-4,9-11H2,1-2H3. The lowest BCUT2D eigenvalue weighted by Gasteiger charge is -2.31. The van der Waals surface area contributed by atoms with Crippen LogP contribution < -0.4 is 9.47 Å². The van der Waals surface area contributed by atoms with Crippen LogP contribution in [0.15, 0.2) is 24.3 Å². The first kappa shape index (κ1) is 13.7. The third kappa shape index (κ3) is 3.40. The molecular weight excluding hydrogens is 242 g/mol. The van der Waals surface area contributed by atoms with Crippen molar-refractivity contribution in [1.29, 1.82) is 0 Å². The van der Waals surface area contributed by atoms with Gasteiger partial charge >= 0.3 is 0 Å². The van der Waals surface area contributed by atoms with Crippen LogP contribution in [-0.2, 0) is 4.79 Å². The third-order valence-electron chi connectivity index (χ3n) is 3.14. The van der Waals surface area contributed by atoms with E-state index in [0.717, 1.165) is 24.5 Å². The van der Waals surface area contributed by atoms with Crippen molar-refractivity contribution in [3.05, 3.63) is 24.3 Å². The van der Waals surface area contributed by atoms with E-state index >= 15 is 0 Å². The summed E-state index contributed by atoms with van der Waals surface area (Å²) in [5, 5.41) is 0. The highest BCUT2D eigenvalue weighted by atomic mass is 16.6. The Bertz CT molecular complexity index is 433. The van der Waals surface area contributed by atoms with E-state index in [1.165, 1.54) is 0 Å². The zero-order chi connectivity index (χ0) is 13.7. The summed E-state index contributed by atoms with van der Waals surface area (Å²) in [6, 6.07) is 7.64. The molecule has 2 rings (SSSR count). The lowest BCUT2D eigenvalue weighted by atomic mass is 10.2. The Balaban J connectivity index is 1.98. The molecule has 0 spiro atoms. The van der Waals surface area contributed by atoms with Gasteiger partial charge in [0.1, 0.15) is 6.61 Å². The summed E-state index contributed by atoms with van der Waals surface area (Å²) in [5.74, 6) is 1.71. The first-order chi connectivity index (χ1) is 9.24. The molecular formula is C15H21NO3. The Morgan fingerprint density at radius 3 is 2.74 bits per heavy atom. The molecule has 19 heavy (non-hydrogen) atoms. The van der Waals surface area contributed by atoms with Crippen molar-refractivity contribution in [3.63, 3.8) is 0 Å². The highest BCUT2D eigenvalue weighted by molar-refractivity contribution is 5.75. The molecule has 0 bridgehead atoms. The Morgan fingerprint density at radius 1 is 1.32 bits per heavy atom. The Labute approximate surface area is 114 Å². The lowest BCUT2D eigenvalue weighted by molar-refractivity contribution is -0.132. The highest BCUT2D eigenvalue weighted by Crippen LogP contribution is 2.31. The normalized spacial score (nSPS) is 17.1. The van der Waals surface area contributed by atoms with Crippen LogP contribution in [-0.4, -0.2) is 36.6 Å². The fourth-order valence-corrected chi connectivity index (χ4v) is 2.21. The van der Waals surface area contributed by atoms with Crippen molar-refractivity contribution >= 4 is 5.91 Å². The zero-order valence-electron chi connectivity index (χ0n) is 11.6. The number of hydrogen-bond acceptors (Lipinski definition) is 3. The Morgan fingerprint density at radius 2 is 2.05 bits per heavy atom. The van der Waals surface area contributed by atoms with Crippen molar-refractivity contribution in [2.24, 2.45) is 0 Å². The van der Waals surface area contributed by atoms with Crippen molar-refractivity contribution in [3.8, 4) is 11.5 Å². The molecule has 1 amide bonds. The number of fused-ring (bicyclic) bond motifs is 1. The maximum absolute atomic E-state index is 11.9. The minimum absolute atomic E-state index is 0.0862. The van der Waals surface area contributed by atoms with Crippen molar-refractivity contribution in [2.45, 2.75) is 32.8 Å². The second-order valence-electron chi connectivity index (χ2n) is 4.69. The number of para-hydroxylation sites is 2. The molecule has 0 fully saturated rings. The second-order valence-corrected chi connectivity index (χ2v) is 4.69. The van der Waals surface area contributed by atoms with E-state index in [4.69, 9.17) is 9.47 Å². The van der Waals surface area contributed by atoms with E-state index in [0.29, 0.717) is 19.6 Å². The monoisotopic (exact) mass is 263 g/mol. The van der Waals surface area contributed by atoms with Gasteiger partial charge in [-0.15, -0.1) is 0 Å². The highest BCUT2D eigenvalue weighted by Gasteiger charge is 2.24. The number of benzene rings is 1. The van der Waals surface area contributed by atoms with Gasteiger partial charge in [0.2, 0.25) is 5.91 Å². The zero-order valence-corrected chi connectivity index (χ0v) is 11.6. The molecule has 0 aliphatic carbocycles. The van der Waals surface area contributed by atoms with E-state index in [1.54, 1.807) is 0 Å². The Hall–Kier alpha value is -1.71. The summed E-state index contributed by atoms with van der Waals surface area (Å²) < 4.78 is 11.6. The summed E-state index contributed by atoms with van der Waals surface area (Å²) in [4.78, 5) is 13.7. The molecule has 0 saturated carbocycles. The minimum atomic E-state index is -0.0862. The maximum atomic E-state index is 11.9. The minimum Gasteiger partial charge on any atom is -0.486 e. The molecule has 1 aromatic rings. The van der Waals surface area contributed by atoms with Crippen molar-refractivity contribution in [2.75, 3.05) is 19.7 Å². The smallest absolute Gasteiger partial charge is 0.222 e. The van der Waals surface area contributed by atoms with Crippen LogP contribution in [0, 0.1) is 0 Å². The molecule has 4 nitrogen and oxygen atoms in total. The first-order valence-electron chi connectivity index (χ1n) is 6.90. The van der Waals surface area contributed by atoms with Gasteiger partial charge in [-0.3, -0.25) is 4.79 Å². The first-order valence-corrected chi connectivity index (χ1v) is 6.90. The molecule has 1 heterocycles. The maximum Gasteiger partial charge on any atom is 0.222 e. The molecule has 104 valence electrons. The summed E-state index contributed by atoms with van der Waals surface area (Å²) >= 11 is 0. The van der Waals surface area contributed by atoms with Gasteiger partial charge in [-0.1, -0.05) is 26.0 Å². The van der Waals surface area contributed by atoms with Gasteiger partial charge in [-0.25, -0.2) is 0 Å². The van der Waals surface area contributed by atoms with E-state index in [2.05, 4.69) is 6.92 Å². The molecule has 0 aromatic heterocycles. The molecule has 0 N–H and O–H groups in total. The van der Waals surface area contributed by atoms with Crippen molar-refractivity contribution in [1.82, 2.24) is 4.90 Å². The number of hydrogen-bond donors (Lipinski definition) is 0. The molecule has 4 heteroatoms. The van der Waals surface area contributed by atoms with Gasteiger partial charge in [0.15, 0.2) is 17.6 Å². The summed E-state index contributed by atoms with van der Waals surface area (Å²) in [6.45, 7) is 5.82. The van der Waals surface area contributed by atoms with Gasteiger partial charge < -0.3 is 14.4 Å². The van der Waals surface area contributed by atoms with Crippen LogP contribution in [0.3, 0.4) is 0 Å². The van der Waals surface area contributed by atoms with Crippen LogP contribution in [0.4, 0.5) is 0 Å². The molecule has 0 radical (unpaired) electrons.